The summed E-state index contributed by atoms with van der Waals surface area (Å²) in [4.78, 5) is 0.220. The van der Waals surface area contributed by atoms with Gasteiger partial charge in [0.15, 0.2) is 0 Å². The second kappa shape index (κ2) is 5.77. The van der Waals surface area contributed by atoms with Crippen LogP contribution in [0.3, 0.4) is 0 Å². The minimum Gasteiger partial charge on any atom is -0.262 e. The Bertz CT molecular complexity index is 805. The van der Waals surface area contributed by atoms with Crippen LogP contribution in [-0.4, -0.2) is 14.5 Å². The van der Waals surface area contributed by atoms with Gasteiger partial charge in [-0.25, -0.2) is 0 Å². The topological polar surface area (TPSA) is 43.4 Å². The number of hydrogen-bond donors (Lipinski definition) is 0. The molecule has 0 heterocycles. The fourth-order valence-corrected chi connectivity index (χ4v) is 4.49. The van der Waals surface area contributed by atoms with Crippen LogP contribution in [0.2, 0.25) is 0 Å². The smallest absolute Gasteiger partial charge is 0.262 e. The number of benzene rings is 2. The molecule has 4 heteroatoms. The Kier molecular flexibility index (Phi) is 4.07. The lowest BCUT2D eigenvalue weighted by Gasteiger charge is -2.39. The van der Waals surface area contributed by atoms with Crippen molar-refractivity contribution in [3.63, 3.8) is 0 Å². The number of aryl methyl sites for hydroxylation is 2. The molecule has 0 saturated carbocycles. The molecule has 122 valence electrons. The summed E-state index contributed by atoms with van der Waals surface area (Å²) in [7, 11) is -3.75. The van der Waals surface area contributed by atoms with Crippen LogP contribution in [0.5, 0.6) is 0 Å². The molecule has 1 unspecified atom stereocenters. The maximum absolute atomic E-state index is 12.6. The average Bonchev–Trinajstić information content (AvgIpc) is 2.51. The molecule has 0 amide bonds. The van der Waals surface area contributed by atoms with Crippen molar-refractivity contribution in [2.45, 2.75) is 50.0 Å². The van der Waals surface area contributed by atoms with Gasteiger partial charge in [-0.05, 0) is 43.0 Å². The molecule has 0 N–H and O–H groups in total. The zero-order chi connectivity index (χ0) is 16.7. The van der Waals surface area contributed by atoms with Crippen molar-refractivity contribution in [1.82, 2.24) is 0 Å². The molecule has 0 fully saturated rings. The number of fused-ring (bicyclic) bond motifs is 1. The molecular weight excluding hydrogens is 308 g/mol. The standard InChI is InChI=1S/C19H22O3S/c1-14-8-11-16(12-9-14)23(20,21)22-18-13-10-15-6-4-5-7-17(15)19(18,2)3/h4-9,11-12,18H,10,13H2,1-3H3. The maximum Gasteiger partial charge on any atom is 0.297 e. The highest BCUT2D eigenvalue weighted by Crippen LogP contribution is 2.39. The highest BCUT2D eigenvalue weighted by Gasteiger charge is 2.40. The molecule has 1 aliphatic carbocycles. The molecule has 1 aliphatic rings. The molecule has 0 bridgehead atoms. The third-order valence-corrected chi connectivity index (χ3v) is 6.08. The van der Waals surface area contributed by atoms with E-state index in [2.05, 4.69) is 26.0 Å². The summed E-state index contributed by atoms with van der Waals surface area (Å²) in [5, 5.41) is 0. The normalized spacial score (nSPS) is 20.0. The van der Waals surface area contributed by atoms with E-state index in [-0.39, 0.29) is 16.4 Å². The van der Waals surface area contributed by atoms with E-state index in [0.29, 0.717) is 6.42 Å². The van der Waals surface area contributed by atoms with Gasteiger partial charge in [-0.3, -0.25) is 4.18 Å². The minimum atomic E-state index is -3.75. The first kappa shape index (κ1) is 16.2. The molecule has 23 heavy (non-hydrogen) atoms. The van der Waals surface area contributed by atoms with E-state index in [1.807, 2.05) is 19.1 Å². The van der Waals surface area contributed by atoms with Crippen molar-refractivity contribution in [3.8, 4) is 0 Å². The van der Waals surface area contributed by atoms with Gasteiger partial charge in [0.25, 0.3) is 10.1 Å². The predicted octanol–water partition coefficient (Wildman–Crippen LogP) is 3.99. The minimum absolute atomic E-state index is 0.220. The first-order valence-electron chi connectivity index (χ1n) is 7.89. The predicted molar refractivity (Wildman–Crippen MR) is 91.0 cm³/mol. The summed E-state index contributed by atoms with van der Waals surface area (Å²) in [6.45, 7) is 6.04. The van der Waals surface area contributed by atoms with Gasteiger partial charge in [0, 0.05) is 5.41 Å². The first-order valence-corrected chi connectivity index (χ1v) is 9.30. The highest BCUT2D eigenvalue weighted by atomic mass is 32.2. The van der Waals surface area contributed by atoms with Crippen molar-refractivity contribution in [2.24, 2.45) is 0 Å². The molecule has 1 atom stereocenters. The van der Waals surface area contributed by atoms with Crippen molar-refractivity contribution < 1.29 is 12.6 Å². The summed E-state index contributed by atoms with van der Waals surface area (Å²) in [5.74, 6) is 0. The Morgan fingerprint density at radius 1 is 1.04 bits per heavy atom. The Hall–Kier alpha value is -1.65. The summed E-state index contributed by atoms with van der Waals surface area (Å²) < 4.78 is 30.8. The number of hydrogen-bond acceptors (Lipinski definition) is 3. The molecular formula is C19H22O3S. The van der Waals surface area contributed by atoms with E-state index in [0.717, 1.165) is 12.0 Å². The van der Waals surface area contributed by atoms with E-state index < -0.39 is 10.1 Å². The lowest BCUT2D eigenvalue weighted by molar-refractivity contribution is 0.114. The molecule has 3 nitrogen and oxygen atoms in total. The van der Waals surface area contributed by atoms with E-state index in [9.17, 15) is 8.42 Å². The van der Waals surface area contributed by atoms with E-state index >= 15 is 0 Å². The maximum atomic E-state index is 12.6. The van der Waals surface area contributed by atoms with Crippen LogP contribution >= 0.6 is 0 Å². The summed E-state index contributed by atoms with van der Waals surface area (Å²) >= 11 is 0. The van der Waals surface area contributed by atoms with Gasteiger partial charge < -0.3 is 0 Å². The molecule has 0 saturated heterocycles. The van der Waals surface area contributed by atoms with E-state index in [1.54, 1.807) is 24.3 Å². The fraction of sp³-hybridized carbons (Fsp3) is 0.368. The lowest BCUT2D eigenvalue weighted by atomic mass is 9.71. The lowest BCUT2D eigenvalue weighted by Crippen LogP contribution is -2.41. The van der Waals surface area contributed by atoms with E-state index in [4.69, 9.17) is 4.18 Å². The average molecular weight is 330 g/mol. The van der Waals surface area contributed by atoms with Crippen molar-refractivity contribution in [2.75, 3.05) is 0 Å². The third kappa shape index (κ3) is 3.06. The zero-order valence-electron chi connectivity index (χ0n) is 13.7. The highest BCUT2D eigenvalue weighted by molar-refractivity contribution is 7.86. The Morgan fingerprint density at radius 2 is 1.70 bits per heavy atom. The zero-order valence-corrected chi connectivity index (χ0v) is 14.6. The van der Waals surface area contributed by atoms with Gasteiger partial charge in [-0.2, -0.15) is 8.42 Å². The Morgan fingerprint density at radius 3 is 2.39 bits per heavy atom. The summed E-state index contributed by atoms with van der Waals surface area (Å²) in [5.41, 5.74) is 3.14. The van der Waals surface area contributed by atoms with Crippen LogP contribution in [0.1, 0.15) is 37.0 Å². The largest absolute Gasteiger partial charge is 0.297 e. The van der Waals surface area contributed by atoms with Gasteiger partial charge >= 0.3 is 0 Å². The van der Waals surface area contributed by atoms with Crippen LogP contribution in [-0.2, 0) is 26.1 Å². The van der Waals surface area contributed by atoms with Gasteiger partial charge in [0.1, 0.15) is 0 Å². The van der Waals surface area contributed by atoms with Crippen molar-refractivity contribution in [1.29, 1.82) is 0 Å². The monoisotopic (exact) mass is 330 g/mol. The van der Waals surface area contributed by atoms with Crippen LogP contribution in [0.25, 0.3) is 0 Å². The molecule has 2 aromatic carbocycles. The third-order valence-electron chi connectivity index (χ3n) is 4.74. The van der Waals surface area contributed by atoms with Crippen LogP contribution in [0.15, 0.2) is 53.4 Å². The second-order valence-electron chi connectivity index (χ2n) is 6.77. The molecule has 2 aromatic rings. The summed E-state index contributed by atoms with van der Waals surface area (Å²) in [6, 6.07) is 15.0. The molecule has 3 rings (SSSR count). The molecule has 0 aliphatic heterocycles. The van der Waals surface area contributed by atoms with Crippen molar-refractivity contribution in [3.05, 3.63) is 65.2 Å². The molecule has 0 aromatic heterocycles. The number of rotatable bonds is 3. The fourth-order valence-electron chi connectivity index (χ4n) is 3.27. The molecule has 0 radical (unpaired) electrons. The SMILES string of the molecule is Cc1ccc(S(=O)(=O)OC2CCc3ccccc3C2(C)C)cc1. The second-order valence-corrected chi connectivity index (χ2v) is 8.34. The Labute approximate surface area is 138 Å². The van der Waals surface area contributed by atoms with Gasteiger partial charge in [-0.1, -0.05) is 55.8 Å². The first-order chi connectivity index (χ1) is 10.8. The van der Waals surface area contributed by atoms with Gasteiger partial charge in [-0.15, -0.1) is 0 Å². The van der Waals surface area contributed by atoms with Crippen LogP contribution in [0, 0.1) is 6.92 Å². The summed E-state index contributed by atoms with van der Waals surface area (Å²) in [6.07, 6.45) is 1.19. The van der Waals surface area contributed by atoms with Crippen LogP contribution < -0.4 is 0 Å². The van der Waals surface area contributed by atoms with Crippen LogP contribution in [0.4, 0.5) is 0 Å². The quantitative estimate of drug-likeness (QED) is 0.799. The Balaban J connectivity index is 1.90. The van der Waals surface area contributed by atoms with E-state index in [1.165, 1.54) is 11.1 Å². The van der Waals surface area contributed by atoms with Gasteiger partial charge in [0.05, 0.1) is 11.0 Å². The van der Waals surface area contributed by atoms with Crippen molar-refractivity contribution >= 4 is 10.1 Å². The molecule has 0 spiro atoms. The van der Waals surface area contributed by atoms with Gasteiger partial charge in [0.2, 0.25) is 0 Å².